The summed E-state index contributed by atoms with van der Waals surface area (Å²) in [6.45, 7) is 11.4. The van der Waals surface area contributed by atoms with Crippen LogP contribution in [0.3, 0.4) is 0 Å². The van der Waals surface area contributed by atoms with Gasteiger partial charge in [-0.1, -0.05) is 26.2 Å². The van der Waals surface area contributed by atoms with E-state index in [1.807, 2.05) is 0 Å². The van der Waals surface area contributed by atoms with Crippen LogP contribution >= 0.6 is 0 Å². The molecule has 2 rings (SSSR count). The molecule has 1 saturated heterocycles. The summed E-state index contributed by atoms with van der Waals surface area (Å²) in [4.78, 5) is 0. The fourth-order valence-electron chi connectivity index (χ4n) is 4.96. The van der Waals surface area contributed by atoms with E-state index < -0.39 is 0 Å². The Bertz CT molecular complexity index is 323. The van der Waals surface area contributed by atoms with E-state index in [1.54, 1.807) is 0 Å². The Kier molecular flexibility index (Phi) is 4.86. The van der Waals surface area contributed by atoms with Gasteiger partial charge in [-0.15, -0.1) is 0 Å². The molecule has 0 amide bonds. The Morgan fingerprint density at radius 1 is 1.20 bits per heavy atom. The number of nitrogens with one attached hydrogen (secondary N) is 1. The second-order valence-electron chi connectivity index (χ2n) is 8.29. The molecule has 2 aliphatic rings. The number of hydrogen-bond donors (Lipinski definition) is 1. The van der Waals surface area contributed by atoms with Crippen molar-refractivity contribution in [3.05, 3.63) is 0 Å². The van der Waals surface area contributed by atoms with Crippen LogP contribution in [0.2, 0.25) is 0 Å². The lowest BCUT2D eigenvalue weighted by Crippen LogP contribution is -2.48. The van der Waals surface area contributed by atoms with Crippen molar-refractivity contribution in [3.8, 4) is 0 Å². The van der Waals surface area contributed by atoms with Gasteiger partial charge >= 0.3 is 0 Å². The molecule has 2 heteroatoms. The number of hydrogen-bond acceptors (Lipinski definition) is 2. The molecule has 2 nitrogen and oxygen atoms in total. The summed E-state index contributed by atoms with van der Waals surface area (Å²) in [5.74, 6) is 2.41. The minimum Gasteiger partial charge on any atom is -0.369 e. The molecule has 0 spiro atoms. The lowest BCUT2D eigenvalue weighted by molar-refractivity contribution is -0.0802. The van der Waals surface area contributed by atoms with Gasteiger partial charge in [0.15, 0.2) is 0 Å². The summed E-state index contributed by atoms with van der Waals surface area (Å²) in [5.41, 5.74) is 0.0262. The number of ether oxygens (including phenoxy) is 1. The summed E-state index contributed by atoms with van der Waals surface area (Å²) in [6.07, 6.45) is 8.20. The molecule has 1 N–H and O–H groups in total. The molecule has 2 fully saturated rings. The first kappa shape index (κ1) is 16.3. The first-order chi connectivity index (χ1) is 9.29. The predicted octanol–water partition coefficient (Wildman–Crippen LogP) is 4.38. The van der Waals surface area contributed by atoms with Crippen molar-refractivity contribution in [2.45, 2.75) is 90.4 Å². The van der Waals surface area contributed by atoms with Crippen LogP contribution < -0.4 is 5.32 Å². The molecule has 0 aromatic carbocycles. The van der Waals surface area contributed by atoms with Crippen LogP contribution in [0.15, 0.2) is 0 Å². The minimum absolute atomic E-state index is 0.00364. The quantitative estimate of drug-likeness (QED) is 0.825. The van der Waals surface area contributed by atoms with Gasteiger partial charge in [0.25, 0.3) is 0 Å². The summed E-state index contributed by atoms with van der Waals surface area (Å²) < 4.78 is 6.34. The van der Waals surface area contributed by atoms with E-state index in [9.17, 15) is 0 Å². The van der Waals surface area contributed by atoms with Gasteiger partial charge in [-0.25, -0.2) is 0 Å². The van der Waals surface area contributed by atoms with E-state index in [0.717, 1.165) is 11.8 Å². The Hall–Kier alpha value is -0.0800. The third-order valence-corrected chi connectivity index (χ3v) is 5.82. The molecule has 0 aromatic heterocycles. The first-order valence-electron chi connectivity index (χ1n) is 8.66. The maximum absolute atomic E-state index is 6.34. The second kappa shape index (κ2) is 5.96. The van der Waals surface area contributed by atoms with Gasteiger partial charge < -0.3 is 10.1 Å². The van der Waals surface area contributed by atoms with Gasteiger partial charge in [0.05, 0.1) is 11.2 Å². The third kappa shape index (κ3) is 3.39. The van der Waals surface area contributed by atoms with Crippen molar-refractivity contribution in [1.82, 2.24) is 5.32 Å². The molecule has 4 atom stereocenters. The van der Waals surface area contributed by atoms with Crippen molar-refractivity contribution in [3.63, 3.8) is 0 Å². The highest BCUT2D eigenvalue weighted by Gasteiger charge is 2.50. The zero-order chi connectivity index (χ0) is 15.0. The lowest BCUT2D eigenvalue weighted by atomic mass is 9.69. The van der Waals surface area contributed by atoms with Crippen LogP contribution in [0.4, 0.5) is 0 Å². The maximum Gasteiger partial charge on any atom is 0.0677 e. The molecule has 0 bridgehead atoms. The Morgan fingerprint density at radius 3 is 2.40 bits per heavy atom. The van der Waals surface area contributed by atoms with E-state index in [1.165, 1.54) is 38.5 Å². The van der Waals surface area contributed by atoms with Gasteiger partial charge in [0.1, 0.15) is 0 Å². The van der Waals surface area contributed by atoms with Crippen molar-refractivity contribution in [2.24, 2.45) is 17.8 Å². The standard InChI is InChI=1S/C18H35NO/c1-7-13-9-8-10-14(11-13)16(19-6)15-12-17(2,3)20-18(15,4)5/h13-16,19H,7-12H2,1-6H3. The molecule has 4 unspecified atom stereocenters. The molecule has 0 aromatic rings. The lowest BCUT2D eigenvalue weighted by Gasteiger charge is -2.41. The zero-order valence-electron chi connectivity index (χ0n) is 14.5. The SMILES string of the molecule is CCC1CCCC(C(NC)C2CC(C)(C)OC2(C)C)C1. The van der Waals surface area contributed by atoms with Crippen molar-refractivity contribution in [2.75, 3.05) is 7.05 Å². The van der Waals surface area contributed by atoms with E-state index in [4.69, 9.17) is 4.74 Å². The van der Waals surface area contributed by atoms with Crippen molar-refractivity contribution >= 4 is 0 Å². The third-order valence-electron chi connectivity index (χ3n) is 5.82. The largest absolute Gasteiger partial charge is 0.369 e. The molecule has 1 heterocycles. The molecule has 118 valence electrons. The van der Waals surface area contributed by atoms with Gasteiger partial charge in [-0.05, 0) is 65.8 Å². The summed E-state index contributed by atoms with van der Waals surface area (Å²) >= 11 is 0. The molecule has 0 radical (unpaired) electrons. The average Bonchev–Trinajstić information content (AvgIpc) is 2.59. The maximum atomic E-state index is 6.34. The van der Waals surface area contributed by atoms with Crippen LogP contribution in [-0.2, 0) is 4.74 Å². The van der Waals surface area contributed by atoms with E-state index in [2.05, 4.69) is 47.0 Å². The van der Waals surface area contributed by atoms with E-state index in [0.29, 0.717) is 12.0 Å². The summed E-state index contributed by atoms with van der Waals surface area (Å²) in [7, 11) is 2.15. The average molecular weight is 281 g/mol. The molecular formula is C18H35NO. The van der Waals surface area contributed by atoms with Crippen LogP contribution in [0, 0.1) is 17.8 Å². The first-order valence-corrected chi connectivity index (χ1v) is 8.66. The van der Waals surface area contributed by atoms with Crippen LogP contribution in [0.1, 0.15) is 73.1 Å². The highest BCUT2D eigenvalue weighted by Crippen LogP contribution is 2.47. The molecule has 1 saturated carbocycles. The highest BCUT2D eigenvalue weighted by molar-refractivity contribution is 5.01. The number of rotatable bonds is 4. The Morgan fingerprint density at radius 2 is 1.90 bits per heavy atom. The Labute approximate surface area is 126 Å². The Balaban J connectivity index is 2.11. The van der Waals surface area contributed by atoms with Crippen molar-refractivity contribution < 1.29 is 4.74 Å². The van der Waals surface area contributed by atoms with Gasteiger partial charge in [0, 0.05) is 12.0 Å². The molecule has 1 aliphatic heterocycles. The van der Waals surface area contributed by atoms with Gasteiger partial charge in [0.2, 0.25) is 0 Å². The van der Waals surface area contributed by atoms with Gasteiger partial charge in [-0.3, -0.25) is 0 Å². The highest BCUT2D eigenvalue weighted by atomic mass is 16.5. The van der Waals surface area contributed by atoms with Crippen LogP contribution in [0.25, 0.3) is 0 Å². The second-order valence-corrected chi connectivity index (χ2v) is 8.29. The fourth-order valence-corrected chi connectivity index (χ4v) is 4.96. The molecule has 1 aliphatic carbocycles. The monoisotopic (exact) mass is 281 g/mol. The van der Waals surface area contributed by atoms with Crippen molar-refractivity contribution in [1.29, 1.82) is 0 Å². The van der Waals surface area contributed by atoms with E-state index >= 15 is 0 Å². The molecular weight excluding hydrogens is 246 g/mol. The van der Waals surface area contributed by atoms with Gasteiger partial charge in [-0.2, -0.15) is 0 Å². The zero-order valence-corrected chi connectivity index (χ0v) is 14.5. The topological polar surface area (TPSA) is 21.3 Å². The van der Waals surface area contributed by atoms with Crippen LogP contribution in [0.5, 0.6) is 0 Å². The summed E-state index contributed by atoms with van der Waals surface area (Å²) in [6, 6.07) is 0.612. The molecule has 20 heavy (non-hydrogen) atoms. The van der Waals surface area contributed by atoms with Crippen LogP contribution in [-0.4, -0.2) is 24.3 Å². The smallest absolute Gasteiger partial charge is 0.0677 e. The fraction of sp³-hybridized carbons (Fsp3) is 1.00. The predicted molar refractivity (Wildman–Crippen MR) is 85.9 cm³/mol. The summed E-state index contributed by atoms with van der Waals surface area (Å²) in [5, 5.41) is 3.67. The minimum atomic E-state index is -0.00364. The normalized spacial score (nSPS) is 37.8. The van der Waals surface area contributed by atoms with E-state index in [-0.39, 0.29) is 11.2 Å².